The molecule has 0 bridgehead atoms. The highest BCUT2D eigenvalue weighted by atomic mass is 32.2. The molecule has 0 saturated carbocycles. The lowest BCUT2D eigenvalue weighted by Gasteiger charge is -2.37. The molecule has 0 aromatic carbocycles. The Balaban J connectivity index is 1.52. The number of likely N-dealkylation sites (N-methyl/N-ethyl adjacent to an activating group) is 1. The number of carbonyl (C=O) groups excluding carboxylic acids is 1. The second-order valence-electron chi connectivity index (χ2n) is 6.68. The zero-order valence-electron chi connectivity index (χ0n) is 14.7. The summed E-state index contributed by atoms with van der Waals surface area (Å²) in [5.74, 6) is 1.46. The first-order valence-electron chi connectivity index (χ1n) is 8.87. The van der Waals surface area contributed by atoms with Gasteiger partial charge in [0.15, 0.2) is 9.84 Å². The third-order valence-corrected chi connectivity index (χ3v) is 6.83. The lowest BCUT2D eigenvalue weighted by Crippen LogP contribution is -2.52. The van der Waals surface area contributed by atoms with Gasteiger partial charge in [-0.3, -0.25) is 9.69 Å². The molecule has 3 heterocycles. The van der Waals surface area contributed by atoms with Crippen molar-refractivity contribution in [2.24, 2.45) is 0 Å². The van der Waals surface area contributed by atoms with E-state index in [4.69, 9.17) is 0 Å². The number of amides is 1. The molecule has 1 atom stereocenters. The van der Waals surface area contributed by atoms with Crippen LogP contribution in [-0.4, -0.2) is 85.9 Å². The average molecular weight is 366 g/mol. The van der Waals surface area contributed by atoms with Crippen LogP contribution in [-0.2, 0) is 14.6 Å². The number of carbonyl (C=O) groups is 1. The summed E-state index contributed by atoms with van der Waals surface area (Å²) in [6, 6.07) is 5.82. The van der Waals surface area contributed by atoms with Gasteiger partial charge in [-0.1, -0.05) is 13.0 Å². The molecule has 2 fully saturated rings. The quantitative estimate of drug-likeness (QED) is 0.743. The zero-order chi connectivity index (χ0) is 17.9. The van der Waals surface area contributed by atoms with Crippen LogP contribution in [0.15, 0.2) is 24.4 Å². The number of piperazine rings is 1. The van der Waals surface area contributed by atoms with Crippen LogP contribution in [0.5, 0.6) is 0 Å². The van der Waals surface area contributed by atoms with E-state index in [9.17, 15) is 13.2 Å². The van der Waals surface area contributed by atoms with Crippen molar-refractivity contribution in [3.8, 4) is 0 Å². The van der Waals surface area contributed by atoms with Gasteiger partial charge in [0.1, 0.15) is 5.82 Å². The second kappa shape index (κ2) is 7.70. The fourth-order valence-electron chi connectivity index (χ4n) is 3.56. The molecular formula is C17H26N4O3S. The van der Waals surface area contributed by atoms with Crippen LogP contribution >= 0.6 is 0 Å². The summed E-state index contributed by atoms with van der Waals surface area (Å²) in [5.41, 5.74) is 0. The topological polar surface area (TPSA) is 73.8 Å². The molecule has 2 aliphatic rings. The Hall–Kier alpha value is -1.67. The smallest absolute Gasteiger partial charge is 0.236 e. The van der Waals surface area contributed by atoms with E-state index >= 15 is 0 Å². The van der Waals surface area contributed by atoms with Crippen molar-refractivity contribution in [2.45, 2.75) is 19.4 Å². The lowest BCUT2D eigenvalue weighted by atomic mass is 10.2. The molecule has 1 amide bonds. The Bertz CT molecular complexity index is 687. The van der Waals surface area contributed by atoms with Crippen LogP contribution < -0.4 is 4.90 Å². The maximum absolute atomic E-state index is 12.6. The van der Waals surface area contributed by atoms with Gasteiger partial charge in [0.05, 0.1) is 18.1 Å². The molecule has 2 saturated heterocycles. The molecule has 3 rings (SSSR count). The minimum atomic E-state index is -2.93. The van der Waals surface area contributed by atoms with E-state index < -0.39 is 9.84 Å². The monoisotopic (exact) mass is 366 g/mol. The second-order valence-corrected chi connectivity index (χ2v) is 8.90. The van der Waals surface area contributed by atoms with E-state index in [1.807, 2.05) is 34.9 Å². The molecule has 0 aliphatic carbocycles. The molecule has 1 aromatic heterocycles. The average Bonchev–Trinajstić information content (AvgIpc) is 3.00. The predicted molar refractivity (Wildman–Crippen MR) is 97.3 cm³/mol. The van der Waals surface area contributed by atoms with E-state index in [0.29, 0.717) is 32.6 Å². The van der Waals surface area contributed by atoms with Gasteiger partial charge in [-0.15, -0.1) is 0 Å². The first kappa shape index (κ1) is 18.1. The van der Waals surface area contributed by atoms with Crippen LogP contribution in [0.3, 0.4) is 0 Å². The number of hydrogen-bond donors (Lipinski definition) is 0. The molecule has 1 unspecified atom stereocenters. The minimum Gasteiger partial charge on any atom is -0.353 e. The molecule has 1 aromatic rings. The highest BCUT2D eigenvalue weighted by molar-refractivity contribution is 7.91. The number of hydrogen-bond acceptors (Lipinski definition) is 6. The number of aromatic nitrogens is 1. The van der Waals surface area contributed by atoms with E-state index in [-0.39, 0.29) is 23.5 Å². The number of rotatable bonds is 5. The van der Waals surface area contributed by atoms with Gasteiger partial charge in [-0.2, -0.15) is 0 Å². The Morgan fingerprint density at radius 1 is 1.28 bits per heavy atom. The van der Waals surface area contributed by atoms with E-state index in [1.54, 1.807) is 6.20 Å². The lowest BCUT2D eigenvalue weighted by molar-refractivity contribution is -0.133. The third-order valence-electron chi connectivity index (χ3n) is 5.07. The molecule has 2 aliphatic heterocycles. The number of sulfone groups is 1. The SMILES string of the molecule is CCN(CC(=O)N1CCN(c2ccccn2)CC1)C1CCS(=O)(=O)C1. The summed E-state index contributed by atoms with van der Waals surface area (Å²) in [5, 5.41) is 0. The highest BCUT2D eigenvalue weighted by Crippen LogP contribution is 2.18. The molecule has 138 valence electrons. The molecule has 0 spiro atoms. The van der Waals surface area contributed by atoms with Crippen molar-refractivity contribution in [1.82, 2.24) is 14.8 Å². The van der Waals surface area contributed by atoms with Gasteiger partial charge < -0.3 is 9.80 Å². The van der Waals surface area contributed by atoms with Crippen LogP contribution in [0, 0.1) is 0 Å². The summed E-state index contributed by atoms with van der Waals surface area (Å²) in [6.07, 6.45) is 2.42. The highest BCUT2D eigenvalue weighted by Gasteiger charge is 2.33. The van der Waals surface area contributed by atoms with Crippen LogP contribution in [0.2, 0.25) is 0 Å². The molecule has 8 heteroatoms. The van der Waals surface area contributed by atoms with Gasteiger partial charge in [0, 0.05) is 38.4 Å². The molecule has 25 heavy (non-hydrogen) atoms. The summed E-state index contributed by atoms with van der Waals surface area (Å²) in [7, 11) is -2.93. The normalized spacial score (nSPS) is 23.2. The van der Waals surface area contributed by atoms with E-state index in [2.05, 4.69) is 9.88 Å². The first-order valence-corrected chi connectivity index (χ1v) is 10.7. The summed E-state index contributed by atoms with van der Waals surface area (Å²) >= 11 is 0. The van der Waals surface area contributed by atoms with E-state index in [1.165, 1.54) is 0 Å². The fraction of sp³-hybridized carbons (Fsp3) is 0.647. The summed E-state index contributed by atoms with van der Waals surface area (Å²) in [6.45, 7) is 5.88. The summed E-state index contributed by atoms with van der Waals surface area (Å²) < 4.78 is 23.4. The van der Waals surface area contributed by atoms with Gasteiger partial charge in [0.25, 0.3) is 0 Å². The van der Waals surface area contributed by atoms with Crippen molar-refractivity contribution in [3.05, 3.63) is 24.4 Å². The van der Waals surface area contributed by atoms with Gasteiger partial charge in [-0.25, -0.2) is 13.4 Å². The zero-order valence-corrected chi connectivity index (χ0v) is 15.5. The van der Waals surface area contributed by atoms with Crippen molar-refractivity contribution in [1.29, 1.82) is 0 Å². The molecule has 0 radical (unpaired) electrons. The van der Waals surface area contributed by atoms with Gasteiger partial charge >= 0.3 is 0 Å². The first-order chi connectivity index (χ1) is 12.0. The predicted octanol–water partition coefficient (Wildman–Crippen LogP) is 0.239. The van der Waals surface area contributed by atoms with Crippen LogP contribution in [0.1, 0.15) is 13.3 Å². The van der Waals surface area contributed by atoms with Gasteiger partial charge in [0.2, 0.25) is 5.91 Å². The standard InChI is InChI=1S/C17H26N4O3S/c1-2-19(15-6-12-25(23,24)14-15)13-17(22)21-10-8-20(9-11-21)16-5-3-4-7-18-16/h3-5,7,15H,2,6,8-14H2,1H3. The van der Waals surface area contributed by atoms with Crippen molar-refractivity contribution < 1.29 is 13.2 Å². The maximum atomic E-state index is 12.6. The Morgan fingerprint density at radius 2 is 2.04 bits per heavy atom. The summed E-state index contributed by atoms with van der Waals surface area (Å²) in [4.78, 5) is 23.1. The molecule has 0 N–H and O–H groups in total. The Morgan fingerprint density at radius 3 is 2.60 bits per heavy atom. The van der Waals surface area contributed by atoms with Crippen molar-refractivity contribution >= 4 is 21.6 Å². The molecule has 7 nitrogen and oxygen atoms in total. The Kier molecular flexibility index (Phi) is 5.58. The van der Waals surface area contributed by atoms with E-state index in [0.717, 1.165) is 18.9 Å². The Labute approximate surface area is 149 Å². The fourth-order valence-corrected chi connectivity index (χ4v) is 5.32. The number of pyridine rings is 1. The number of anilines is 1. The largest absolute Gasteiger partial charge is 0.353 e. The number of nitrogens with zero attached hydrogens (tertiary/aromatic N) is 4. The molecular weight excluding hydrogens is 340 g/mol. The van der Waals surface area contributed by atoms with Crippen molar-refractivity contribution in [2.75, 3.05) is 55.7 Å². The third kappa shape index (κ3) is 4.49. The maximum Gasteiger partial charge on any atom is 0.236 e. The minimum absolute atomic E-state index is 0.0197. The van der Waals surface area contributed by atoms with Crippen LogP contribution in [0.25, 0.3) is 0 Å². The van der Waals surface area contributed by atoms with Crippen molar-refractivity contribution in [3.63, 3.8) is 0 Å². The van der Waals surface area contributed by atoms with Gasteiger partial charge in [-0.05, 0) is 25.1 Å². The van der Waals surface area contributed by atoms with Crippen LogP contribution in [0.4, 0.5) is 5.82 Å².